The molecule has 0 atom stereocenters. The molecule has 57 heavy (non-hydrogen) atoms. The smallest absolute Gasteiger partial charge is 0.159 e. The van der Waals surface area contributed by atoms with Gasteiger partial charge in [0.05, 0.1) is 11.4 Å². The summed E-state index contributed by atoms with van der Waals surface area (Å²) in [5.41, 5.74) is 19.3. The third-order valence-corrected chi connectivity index (χ3v) is 14.8. The molecule has 1 heterocycles. The van der Waals surface area contributed by atoms with E-state index in [1.165, 1.54) is 86.3 Å². The van der Waals surface area contributed by atoms with Crippen LogP contribution in [0.2, 0.25) is 0 Å². The molecular formula is C55H57NO. The van der Waals surface area contributed by atoms with Crippen molar-refractivity contribution in [3.8, 4) is 22.3 Å². The average molecular weight is 748 g/mol. The van der Waals surface area contributed by atoms with E-state index in [-0.39, 0.29) is 27.1 Å². The van der Waals surface area contributed by atoms with Crippen molar-refractivity contribution >= 4 is 39.0 Å². The van der Waals surface area contributed by atoms with Crippen molar-refractivity contribution in [3.63, 3.8) is 0 Å². The number of nitrogens with zero attached hydrogens (tertiary/aromatic N) is 1. The van der Waals surface area contributed by atoms with Crippen molar-refractivity contribution in [1.82, 2.24) is 0 Å². The van der Waals surface area contributed by atoms with Gasteiger partial charge in [0.25, 0.3) is 0 Å². The lowest BCUT2D eigenvalue weighted by atomic mass is 9.63. The minimum Gasteiger partial charge on any atom is -0.454 e. The molecule has 2 nitrogen and oxygen atoms in total. The molecule has 0 unspecified atom stereocenters. The van der Waals surface area contributed by atoms with Crippen molar-refractivity contribution in [1.29, 1.82) is 0 Å². The minimum atomic E-state index is -0.167. The molecule has 2 heteroatoms. The van der Waals surface area contributed by atoms with Gasteiger partial charge in [0.15, 0.2) is 5.58 Å². The number of rotatable bonds is 4. The highest BCUT2D eigenvalue weighted by atomic mass is 16.3. The fourth-order valence-electron chi connectivity index (χ4n) is 10.9. The molecule has 1 aromatic heterocycles. The zero-order valence-electron chi connectivity index (χ0n) is 35.7. The lowest BCUT2D eigenvalue weighted by Crippen LogP contribution is -2.34. The summed E-state index contributed by atoms with van der Waals surface area (Å²) < 4.78 is 6.91. The molecule has 0 aliphatic heterocycles. The van der Waals surface area contributed by atoms with Crippen molar-refractivity contribution in [2.24, 2.45) is 0 Å². The summed E-state index contributed by atoms with van der Waals surface area (Å²) in [4.78, 5) is 2.55. The van der Waals surface area contributed by atoms with Crippen LogP contribution in [0.3, 0.4) is 0 Å². The van der Waals surface area contributed by atoms with Gasteiger partial charge in [0.1, 0.15) is 5.58 Å². The molecule has 0 radical (unpaired) electrons. The molecule has 0 bridgehead atoms. The fourth-order valence-corrected chi connectivity index (χ4v) is 10.9. The van der Waals surface area contributed by atoms with Crippen molar-refractivity contribution in [3.05, 3.63) is 149 Å². The second-order valence-electron chi connectivity index (χ2n) is 20.7. The van der Waals surface area contributed by atoms with E-state index in [4.69, 9.17) is 4.42 Å². The Morgan fingerprint density at radius 2 is 1.02 bits per heavy atom. The Bertz CT molecular complexity index is 2780. The number of benzene rings is 6. The molecule has 0 saturated heterocycles. The fraction of sp³-hybridized carbons (Fsp3) is 0.345. The summed E-state index contributed by atoms with van der Waals surface area (Å²) in [6, 6.07) is 44.1. The predicted octanol–water partition coefficient (Wildman–Crippen LogP) is 15.7. The zero-order chi connectivity index (χ0) is 39.9. The lowest BCUT2D eigenvalue weighted by molar-refractivity contribution is 0.332. The van der Waals surface area contributed by atoms with Gasteiger partial charge >= 0.3 is 0 Å². The van der Waals surface area contributed by atoms with E-state index in [0.29, 0.717) is 0 Å². The van der Waals surface area contributed by atoms with Crippen molar-refractivity contribution in [2.45, 2.75) is 122 Å². The molecule has 3 aliphatic carbocycles. The Morgan fingerprint density at radius 3 is 1.74 bits per heavy atom. The van der Waals surface area contributed by atoms with Crippen LogP contribution in [0.25, 0.3) is 44.2 Å². The summed E-state index contributed by atoms with van der Waals surface area (Å²) >= 11 is 0. The number of hydrogen-bond donors (Lipinski definition) is 0. The molecule has 0 spiro atoms. The first kappa shape index (κ1) is 36.3. The number of para-hydroxylation sites is 2. The zero-order valence-corrected chi connectivity index (χ0v) is 35.7. The highest BCUT2D eigenvalue weighted by molar-refractivity contribution is 6.11. The van der Waals surface area contributed by atoms with Crippen LogP contribution in [-0.2, 0) is 27.1 Å². The van der Waals surface area contributed by atoms with Crippen LogP contribution in [0.5, 0.6) is 0 Å². The monoisotopic (exact) mass is 747 g/mol. The SMILES string of the molecule is CC1(C)CCC(C)(C)c2cc(-c3cc4c(cc3N(c3ccc5c(c3)C(C)(C)CCC5(C)C)c3cccc5c3oc3ccccc35)C(C)(C)c3ccccc3-4)ccc21. The first-order valence-electron chi connectivity index (χ1n) is 21.3. The van der Waals surface area contributed by atoms with Crippen molar-refractivity contribution in [2.75, 3.05) is 4.90 Å². The quantitative estimate of drug-likeness (QED) is 0.178. The molecule has 0 saturated carbocycles. The maximum Gasteiger partial charge on any atom is 0.159 e. The van der Waals surface area contributed by atoms with Crippen LogP contribution < -0.4 is 4.90 Å². The van der Waals surface area contributed by atoms with Gasteiger partial charge in [-0.25, -0.2) is 0 Å². The van der Waals surface area contributed by atoms with Crippen LogP contribution in [0.15, 0.2) is 120 Å². The molecule has 7 aromatic rings. The van der Waals surface area contributed by atoms with Gasteiger partial charge in [-0.15, -0.1) is 0 Å². The maximum absolute atomic E-state index is 6.91. The van der Waals surface area contributed by atoms with E-state index in [0.717, 1.165) is 34.0 Å². The maximum atomic E-state index is 6.91. The first-order chi connectivity index (χ1) is 27.0. The highest BCUT2D eigenvalue weighted by Crippen LogP contribution is 2.56. The minimum absolute atomic E-state index is 0.0547. The van der Waals surface area contributed by atoms with Crippen LogP contribution in [-0.4, -0.2) is 0 Å². The normalized spacial score (nSPS) is 19.1. The van der Waals surface area contributed by atoms with Gasteiger partial charge < -0.3 is 9.32 Å². The number of hydrogen-bond acceptors (Lipinski definition) is 2. The summed E-state index contributed by atoms with van der Waals surface area (Å²) in [7, 11) is 0. The summed E-state index contributed by atoms with van der Waals surface area (Å²) in [6.45, 7) is 24.3. The standard InChI is InChI=1S/C55H57NO/c1-51(2)26-28-53(5,6)45-30-34(22-24-42(45)51)39-32-40-36-16-11-13-19-41(36)55(9,10)44(40)33-48(39)56(35-23-25-43-46(31-35)54(7,8)29-27-52(43,3)4)47-20-15-18-38-37-17-12-14-21-49(37)57-50(38)47/h11-25,30-33H,26-29H2,1-10H3. The Labute approximate surface area is 339 Å². The Kier molecular flexibility index (Phi) is 7.62. The van der Waals surface area contributed by atoms with Gasteiger partial charge in [-0.2, -0.15) is 0 Å². The topological polar surface area (TPSA) is 16.4 Å². The van der Waals surface area contributed by atoms with Crippen molar-refractivity contribution < 1.29 is 4.42 Å². The second-order valence-corrected chi connectivity index (χ2v) is 20.7. The molecule has 0 N–H and O–H groups in total. The number of furan rings is 1. The van der Waals surface area contributed by atoms with Gasteiger partial charge in [0.2, 0.25) is 0 Å². The Hall–Kier alpha value is -5.08. The first-order valence-corrected chi connectivity index (χ1v) is 21.3. The third kappa shape index (κ3) is 5.35. The molecule has 10 rings (SSSR count). The van der Waals surface area contributed by atoms with Crippen LogP contribution in [0, 0.1) is 0 Å². The third-order valence-electron chi connectivity index (χ3n) is 14.8. The lowest BCUT2D eigenvalue weighted by Gasteiger charge is -2.43. The number of fused-ring (bicyclic) bond motifs is 8. The summed E-state index contributed by atoms with van der Waals surface area (Å²) in [5.74, 6) is 0. The van der Waals surface area contributed by atoms with E-state index < -0.39 is 0 Å². The van der Waals surface area contributed by atoms with Gasteiger partial charge in [-0.1, -0.05) is 148 Å². The van der Waals surface area contributed by atoms with E-state index in [9.17, 15) is 0 Å². The molecular weight excluding hydrogens is 691 g/mol. The van der Waals surface area contributed by atoms with Crippen LogP contribution in [0.1, 0.15) is 128 Å². The average Bonchev–Trinajstić information content (AvgIpc) is 3.68. The Morgan fingerprint density at radius 1 is 0.421 bits per heavy atom. The van der Waals surface area contributed by atoms with E-state index in [2.05, 4.69) is 189 Å². The van der Waals surface area contributed by atoms with E-state index in [1.54, 1.807) is 0 Å². The molecule has 288 valence electrons. The van der Waals surface area contributed by atoms with E-state index in [1.807, 2.05) is 0 Å². The molecule has 0 amide bonds. The van der Waals surface area contributed by atoms with Gasteiger partial charge in [-0.05, 0) is 134 Å². The Balaban J connectivity index is 1.32. The molecule has 6 aromatic carbocycles. The van der Waals surface area contributed by atoms with Crippen LogP contribution >= 0.6 is 0 Å². The number of anilines is 3. The molecule has 0 fully saturated rings. The largest absolute Gasteiger partial charge is 0.454 e. The van der Waals surface area contributed by atoms with Gasteiger partial charge in [-0.3, -0.25) is 0 Å². The molecule has 3 aliphatic rings. The highest BCUT2D eigenvalue weighted by Gasteiger charge is 2.41. The predicted molar refractivity (Wildman–Crippen MR) is 242 cm³/mol. The summed E-state index contributed by atoms with van der Waals surface area (Å²) in [6.07, 6.45) is 4.72. The van der Waals surface area contributed by atoms with Crippen LogP contribution in [0.4, 0.5) is 17.1 Å². The summed E-state index contributed by atoms with van der Waals surface area (Å²) in [5, 5.41) is 2.29. The van der Waals surface area contributed by atoms with E-state index >= 15 is 0 Å². The second kappa shape index (κ2) is 12.0. The van der Waals surface area contributed by atoms with Gasteiger partial charge in [0, 0.05) is 27.4 Å².